The van der Waals surface area contributed by atoms with E-state index in [0.29, 0.717) is 22.8 Å². The minimum atomic E-state index is -0.561. The van der Waals surface area contributed by atoms with Crippen LogP contribution in [0.15, 0.2) is 47.3 Å². The van der Waals surface area contributed by atoms with Crippen molar-refractivity contribution in [3.8, 4) is 11.4 Å². The van der Waals surface area contributed by atoms with E-state index in [1.807, 2.05) is 32.0 Å². The van der Waals surface area contributed by atoms with Crippen LogP contribution in [0, 0.1) is 11.2 Å². The highest BCUT2D eigenvalue weighted by molar-refractivity contribution is 5.83. The lowest BCUT2D eigenvalue weighted by Gasteiger charge is -2.33. The van der Waals surface area contributed by atoms with Crippen LogP contribution in [0.4, 0.5) is 10.1 Å². The van der Waals surface area contributed by atoms with Crippen molar-refractivity contribution in [3.05, 3.63) is 58.6 Å². The van der Waals surface area contributed by atoms with E-state index < -0.39 is 11.2 Å². The Bertz CT molecular complexity index is 1230. The molecule has 0 unspecified atom stereocenters. The molecule has 6 rings (SSSR count). The first-order valence-electron chi connectivity index (χ1n) is 11.8. The standard InChI is InChI=1S/C26H31FN4O2/c1-26(2,17-32)16-31-24(20-5-3-4-6-22(20)27)28-23-8-7-19(15-21(23)25(31)33)30-14-13-29-11-9-18(30)10-12-29/h3-8,15,18,32H,9-14,16-17H2,1-2H3. The van der Waals surface area contributed by atoms with Gasteiger partial charge in [-0.1, -0.05) is 26.0 Å². The van der Waals surface area contributed by atoms with Crippen molar-refractivity contribution in [1.29, 1.82) is 0 Å². The van der Waals surface area contributed by atoms with Crippen molar-refractivity contribution in [2.75, 3.05) is 37.7 Å². The van der Waals surface area contributed by atoms with Crippen LogP contribution < -0.4 is 10.5 Å². The van der Waals surface area contributed by atoms with E-state index in [0.717, 1.165) is 44.7 Å². The zero-order chi connectivity index (χ0) is 23.2. The van der Waals surface area contributed by atoms with Gasteiger partial charge < -0.3 is 14.9 Å². The maximum absolute atomic E-state index is 14.7. The SMILES string of the molecule is CC(C)(CO)Cn1c(-c2ccccc2F)nc2ccc(N3CCN4CCC3CC4)cc2c1=O. The van der Waals surface area contributed by atoms with E-state index in [2.05, 4.69) is 9.80 Å². The van der Waals surface area contributed by atoms with Crippen molar-refractivity contribution >= 4 is 16.6 Å². The van der Waals surface area contributed by atoms with Crippen LogP contribution in [0.1, 0.15) is 26.7 Å². The summed E-state index contributed by atoms with van der Waals surface area (Å²) in [6.45, 7) is 8.15. The number of fused-ring (bicyclic) bond motifs is 5. The molecule has 0 radical (unpaired) electrons. The molecule has 7 heteroatoms. The van der Waals surface area contributed by atoms with E-state index in [1.54, 1.807) is 18.2 Å². The normalized spacial score (nSPS) is 20.9. The minimum absolute atomic E-state index is 0.0970. The Hall–Kier alpha value is -2.77. The lowest BCUT2D eigenvalue weighted by atomic mass is 9.94. The summed E-state index contributed by atoms with van der Waals surface area (Å²) < 4.78 is 16.2. The topological polar surface area (TPSA) is 61.6 Å². The van der Waals surface area contributed by atoms with Crippen LogP contribution >= 0.6 is 0 Å². The molecule has 0 spiro atoms. The Kier molecular flexibility index (Phi) is 5.70. The third kappa shape index (κ3) is 4.15. The van der Waals surface area contributed by atoms with Gasteiger partial charge in [0.25, 0.3) is 5.56 Å². The summed E-state index contributed by atoms with van der Waals surface area (Å²) in [7, 11) is 0. The fraction of sp³-hybridized carbons (Fsp3) is 0.462. The molecule has 3 fully saturated rings. The minimum Gasteiger partial charge on any atom is -0.396 e. The first-order chi connectivity index (χ1) is 15.9. The summed E-state index contributed by atoms with van der Waals surface area (Å²) in [4.78, 5) is 23.5. The van der Waals surface area contributed by atoms with Crippen molar-refractivity contribution in [3.63, 3.8) is 0 Å². The number of aromatic nitrogens is 2. The second-order valence-corrected chi connectivity index (χ2v) is 10.1. The maximum atomic E-state index is 14.7. The van der Waals surface area contributed by atoms with Gasteiger partial charge in [0.2, 0.25) is 0 Å². The maximum Gasteiger partial charge on any atom is 0.261 e. The summed E-state index contributed by atoms with van der Waals surface area (Å²) >= 11 is 0. The average Bonchev–Trinajstić information content (AvgIpc) is 3.15. The average molecular weight is 451 g/mol. The molecule has 0 atom stereocenters. The molecule has 1 N–H and O–H groups in total. The quantitative estimate of drug-likeness (QED) is 0.645. The van der Waals surface area contributed by atoms with Gasteiger partial charge in [-0.3, -0.25) is 9.36 Å². The van der Waals surface area contributed by atoms with Crippen molar-refractivity contribution < 1.29 is 9.50 Å². The number of piperidine rings is 1. The van der Waals surface area contributed by atoms with Gasteiger partial charge in [0.05, 0.1) is 16.5 Å². The van der Waals surface area contributed by atoms with E-state index in [9.17, 15) is 14.3 Å². The number of aliphatic hydroxyl groups is 1. The van der Waals surface area contributed by atoms with Gasteiger partial charge in [-0.15, -0.1) is 0 Å². The second-order valence-electron chi connectivity index (χ2n) is 10.1. The molecule has 3 aliphatic rings. The lowest BCUT2D eigenvalue weighted by molar-refractivity contribution is 0.140. The Labute approximate surface area is 193 Å². The van der Waals surface area contributed by atoms with E-state index >= 15 is 0 Å². The molecule has 6 nitrogen and oxygen atoms in total. The molecule has 2 bridgehead atoms. The molecule has 0 aliphatic carbocycles. The number of benzene rings is 2. The highest BCUT2D eigenvalue weighted by Crippen LogP contribution is 2.30. The highest BCUT2D eigenvalue weighted by atomic mass is 19.1. The number of hydrogen-bond donors (Lipinski definition) is 1. The number of nitrogens with zero attached hydrogens (tertiary/aromatic N) is 4. The number of halogens is 1. The van der Waals surface area contributed by atoms with Gasteiger partial charge >= 0.3 is 0 Å². The Morgan fingerprint density at radius 2 is 1.85 bits per heavy atom. The van der Waals surface area contributed by atoms with E-state index in [4.69, 9.17) is 4.98 Å². The lowest BCUT2D eigenvalue weighted by Crippen LogP contribution is -2.38. The predicted molar refractivity (Wildman–Crippen MR) is 129 cm³/mol. The molecule has 0 amide bonds. The molecule has 3 saturated heterocycles. The van der Waals surface area contributed by atoms with Gasteiger partial charge in [0, 0.05) is 56.5 Å². The molecule has 33 heavy (non-hydrogen) atoms. The largest absolute Gasteiger partial charge is 0.396 e. The van der Waals surface area contributed by atoms with Crippen molar-refractivity contribution in [2.24, 2.45) is 5.41 Å². The van der Waals surface area contributed by atoms with E-state index in [1.165, 1.54) is 10.6 Å². The van der Waals surface area contributed by atoms with Crippen LogP contribution in [-0.4, -0.2) is 58.4 Å². The summed E-state index contributed by atoms with van der Waals surface area (Å²) in [5, 5.41) is 10.4. The number of hydrogen-bond acceptors (Lipinski definition) is 5. The third-order valence-electron chi connectivity index (χ3n) is 7.05. The number of anilines is 1. The molecule has 174 valence electrons. The molecular weight excluding hydrogens is 419 g/mol. The summed E-state index contributed by atoms with van der Waals surface area (Å²) in [5.41, 5.74) is 1.12. The van der Waals surface area contributed by atoms with Gasteiger partial charge in [-0.25, -0.2) is 9.37 Å². The summed E-state index contributed by atoms with van der Waals surface area (Å²) in [6.07, 6.45) is 2.27. The zero-order valence-electron chi connectivity index (χ0n) is 19.3. The van der Waals surface area contributed by atoms with E-state index in [-0.39, 0.29) is 24.3 Å². The van der Waals surface area contributed by atoms with Gasteiger partial charge in [0.1, 0.15) is 11.6 Å². The van der Waals surface area contributed by atoms with Gasteiger partial charge in [0.15, 0.2) is 0 Å². The molecule has 3 aromatic rings. The van der Waals surface area contributed by atoms with Gasteiger partial charge in [-0.05, 0) is 43.2 Å². The first-order valence-corrected chi connectivity index (χ1v) is 11.8. The molecule has 3 aliphatic heterocycles. The molecular formula is C26H31FN4O2. The zero-order valence-corrected chi connectivity index (χ0v) is 19.3. The van der Waals surface area contributed by atoms with Crippen LogP contribution in [0.5, 0.6) is 0 Å². The third-order valence-corrected chi connectivity index (χ3v) is 7.05. The predicted octanol–water partition coefficient (Wildman–Crippen LogP) is 3.51. The van der Waals surface area contributed by atoms with Crippen LogP contribution in [0.25, 0.3) is 22.3 Å². The molecule has 2 aromatic carbocycles. The Morgan fingerprint density at radius 1 is 1.09 bits per heavy atom. The van der Waals surface area contributed by atoms with Crippen LogP contribution in [0.3, 0.4) is 0 Å². The van der Waals surface area contributed by atoms with Gasteiger partial charge in [-0.2, -0.15) is 0 Å². The van der Waals surface area contributed by atoms with Crippen molar-refractivity contribution in [2.45, 2.75) is 39.3 Å². The highest BCUT2D eigenvalue weighted by Gasteiger charge is 2.30. The number of rotatable bonds is 5. The summed E-state index contributed by atoms with van der Waals surface area (Å²) in [5.74, 6) is -0.132. The summed E-state index contributed by atoms with van der Waals surface area (Å²) in [6, 6.07) is 12.7. The number of aliphatic hydroxyl groups excluding tert-OH is 1. The molecule has 1 aromatic heterocycles. The smallest absolute Gasteiger partial charge is 0.261 e. The molecule has 4 heterocycles. The fourth-order valence-corrected chi connectivity index (χ4v) is 5.09. The first kappa shape index (κ1) is 22.0. The van der Waals surface area contributed by atoms with Crippen LogP contribution in [-0.2, 0) is 6.54 Å². The Morgan fingerprint density at radius 3 is 2.58 bits per heavy atom. The van der Waals surface area contributed by atoms with Crippen molar-refractivity contribution in [1.82, 2.24) is 14.5 Å². The second kappa shape index (κ2) is 8.54. The van der Waals surface area contributed by atoms with Crippen LogP contribution in [0.2, 0.25) is 0 Å². The fourth-order valence-electron chi connectivity index (χ4n) is 5.09. The monoisotopic (exact) mass is 450 g/mol. The Balaban J connectivity index is 1.67. The molecule has 0 saturated carbocycles.